The molecule has 6 nitrogen and oxygen atoms in total. The molecule has 0 fully saturated rings. The average molecular weight is 252 g/mol. The number of aryl methyl sites for hydroxylation is 2. The molecule has 7 heteroatoms. The molecular formula is C10H12N4O2S. The zero-order valence-corrected chi connectivity index (χ0v) is 10.2. The van der Waals surface area contributed by atoms with Crippen molar-refractivity contribution >= 4 is 10.0 Å². The number of nitrogens with one attached hydrogen (secondary N) is 1. The number of nitrogens with two attached hydrogens (primary N) is 1. The Morgan fingerprint density at radius 2 is 1.76 bits per heavy atom. The fraction of sp³-hybridized carbons (Fsp3) is 0.200. The second-order valence-electron chi connectivity index (χ2n) is 3.89. The SMILES string of the molecule is Cc1cc(C)cc(-c2n[nH]c(S(N)(=O)=O)n2)c1. The Bertz CT molecular complexity index is 640. The third-order valence-electron chi connectivity index (χ3n) is 2.21. The van der Waals surface area contributed by atoms with Crippen molar-refractivity contribution in [1.29, 1.82) is 0 Å². The molecule has 1 aromatic carbocycles. The van der Waals surface area contributed by atoms with Crippen molar-refractivity contribution in [3.8, 4) is 11.4 Å². The minimum atomic E-state index is -3.84. The van der Waals surface area contributed by atoms with Gasteiger partial charge < -0.3 is 0 Å². The van der Waals surface area contributed by atoms with Gasteiger partial charge in [0.2, 0.25) is 0 Å². The Morgan fingerprint density at radius 1 is 1.18 bits per heavy atom. The van der Waals surface area contributed by atoms with Crippen LogP contribution in [0.5, 0.6) is 0 Å². The van der Waals surface area contributed by atoms with Gasteiger partial charge in [-0.3, -0.25) is 0 Å². The van der Waals surface area contributed by atoms with Crippen molar-refractivity contribution in [1.82, 2.24) is 15.2 Å². The summed E-state index contributed by atoms with van der Waals surface area (Å²) < 4.78 is 22.1. The van der Waals surface area contributed by atoms with E-state index < -0.39 is 10.0 Å². The van der Waals surface area contributed by atoms with Crippen LogP contribution in [0.15, 0.2) is 23.4 Å². The average Bonchev–Trinajstić information content (AvgIpc) is 2.63. The molecule has 0 aliphatic rings. The molecule has 2 aromatic rings. The maximum absolute atomic E-state index is 11.1. The van der Waals surface area contributed by atoms with E-state index in [2.05, 4.69) is 15.2 Å². The normalized spacial score (nSPS) is 11.7. The molecule has 0 unspecified atom stereocenters. The van der Waals surface area contributed by atoms with E-state index in [1.807, 2.05) is 32.0 Å². The van der Waals surface area contributed by atoms with Gasteiger partial charge in [-0.2, -0.15) is 10.1 Å². The van der Waals surface area contributed by atoms with Gasteiger partial charge in [-0.05, 0) is 26.0 Å². The number of hydrogen-bond acceptors (Lipinski definition) is 4. The standard InChI is InChI=1S/C10H12N4O2S/c1-6-3-7(2)5-8(4-6)9-12-10(14-13-9)17(11,15)16/h3-5H,1-2H3,(H2,11,15,16)(H,12,13,14). The Hall–Kier alpha value is -1.73. The van der Waals surface area contributed by atoms with E-state index in [0.29, 0.717) is 5.82 Å². The molecule has 0 bridgehead atoms. The molecule has 0 radical (unpaired) electrons. The molecule has 1 heterocycles. The Morgan fingerprint density at radius 3 is 2.24 bits per heavy atom. The number of primary sulfonamides is 1. The van der Waals surface area contributed by atoms with Crippen LogP contribution in [0.2, 0.25) is 0 Å². The van der Waals surface area contributed by atoms with Crippen molar-refractivity contribution in [3.63, 3.8) is 0 Å². The summed E-state index contributed by atoms with van der Waals surface area (Å²) in [5, 5.41) is 10.8. The second-order valence-corrected chi connectivity index (χ2v) is 5.36. The molecule has 17 heavy (non-hydrogen) atoms. The molecule has 0 spiro atoms. The molecule has 0 amide bonds. The van der Waals surface area contributed by atoms with Crippen molar-refractivity contribution in [2.45, 2.75) is 19.0 Å². The third kappa shape index (κ3) is 2.51. The van der Waals surface area contributed by atoms with Crippen LogP contribution < -0.4 is 5.14 Å². The molecular weight excluding hydrogens is 240 g/mol. The van der Waals surface area contributed by atoms with Crippen molar-refractivity contribution in [2.24, 2.45) is 5.14 Å². The summed E-state index contributed by atoms with van der Waals surface area (Å²) in [6, 6.07) is 5.77. The van der Waals surface area contributed by atoms with Crippen LogP contribution in [-0.2, 0) is 10.0 Å². The van der Waals surface area contributed by atoms with E-state index in [1.165, 1.54) is 0 Å². The van der Waals surface area contributed by atoms with Gasteiger partial charge in [-0.25, -0.2) is 18.7 Å². The van der Waals surface area contributed by atoms with Gasteiger partial charge >= 0.3 is 0 Å². The van der Waals surface area contributed by atoms with Crippen molar-refractivity contribution < 1.29 is 8.42 Å². The maximum Gasteiger partial charge on any atom is 0.273 e. The van der Waals surface area contributed by atoms with Crippen molar-refractivity contribution in [3.05, 3.63) is 29.3 Å². The zero-order chi connectivity index (χ0) is 12.6. The van der Waals surface area contributed by atoms with Gasteiger partial charge in [-0.15, -0.1) is 0 Å². The molecule has 0 aliphatic heterocycles. The Kier molecular flexibility index (Phi) is 2.72. The lowest BCUT2D eigenvalue weighted by molar-refractivity contribution is 0.589. The molecule has 1 aromatic heterocycles. The lowest BCUT2D eigenvalue weighted by Crippen LogP contribution is -2.13. The molecule has 2 rings (SSSR count). The van der Waals surface area contributed by atoms with Gasteiger partial charge in [0.25, 0.3) is 15.2 Å². The number of nitrogens with zero attached hydrogens (tertiary/aromatic N) is 2. The number of H-pyrrole nitrogens is 1. The largest absolute Gasteiger partial charge is 0.273 e. The number of aromatic nitrogens is 3. The van der Waals surface area contributed by atoms with Crippen LogP contribution in [-0.4, -0.2) is 23.6 Å². The van der Waals surface area contributed by atoms with E-state index in [1.54, 1.807) is 0 Å². The van der Waals surface area contributed by atoms with Crippen LogP contribution in [0.25, 0.3) is 11.4 Å². The number of sulfonamides is 1. The predicted molar refractivity (Wildman–Crippen MR) is 62.7 cm³/mol. The van der Waals surface area contributed by atoms with E-state index in [0.717, 1.165) is 16.7 Å². The summed E-state index contributed by atoms with van der Waals surface area (Å²) in [7, 11) is -3.84. The molecule has 3 N–H and O–H groups in total. The minimum Gasteiger partial charge on any atom is -0.248 e. The predicted octanol–water partition coefficient (Wildman–Crippen LogP) is 0.736. The summed E-state index contributed by atoms with van der Waals surface area (Å²) in [5.74, 6) is 0.320. The lowest BCUT2D eigenvalue weighted by atomic mass is 10.1. The highest BCUT2D eigenvalue weighted by Crippen LogP contribution is 2.19. The van der Waals surface area contributed by atoms with E-state index >= 15 is 0 Å². The third-order valence-corrected chi connectivity index (χ3v) is 2.94. The molecule has 0 saturated carbocycles. The second kappa shape index (κ2) is 3.94. The first-order valence-corrected chi connectivity index (χ1v) is 6.45. The van der Waals surface area contributed by atoms with Gasteiger partial charge in [-0.1, -0.05) is 17.2 Å². The van der Waals surface area contributed by atoms with Gasteiger partial charge in [0.1, 0.15) is 0 Å². The van der Waals surface area contributed by atoms with Crippen LogP contribution in [0.3, 0.4) is 0 Å². The van der Waals surface area contributed by atoms with Crippen LogP contribution in [0.4, 0.5) is 0 Å². The molecule has 0 saturated heterocycles. The van der Waals surface area contributed by atoms with Crippen LogP contribution in [0.1, 0.15) is 11.1 Å². The highest BCUT2D eigenvalue weighted by Gasteiger charge is 2.15. The minimum absolute atomic E-state index is 0.320. The zero-order valence-electron chi connectivity index (χ0n) is 9.43. The van der Waals surface area contributed by atoms with E-state index in [-0.39, 0.29) is 5.16 Å². The quantitative estimate of drug-likeness (QED) is 0.822. The lowest BCUT2D eigenvalue weighted by Gasteiger charge is -2.00. The first-order valence-electron chi connectivity index (χ1n) is 4.90. The number of hydrogen-bond donors (Lipinski definition) is 2. The first kappa shape index (κ1) is 11.7. The van der Waals surface area contributed by atoms with Crippen LogP contribution in [0, 0.1) is 13.8 Å². The summed E-state index contributed by atoms with van der Waals surface area (Å²) in [6.45, 7) is 3.90. The van der Waals surface area contributed by atoms with E-state index in [4.69, 9.17) is 5.14 Å². The highest BCUT2D eigenvalue weighted by molar-refractivity contribution is 7.89. The van der Waals surface area contributed by atoms with Gasteiger partial charge in [0, 0.05) is 5.56 Å². The monoisotopic (exact) mass is 252 g/mol. The maximum atomic E-state index is 11.1. The van der Waals surface area contributed by atoms with E-state index in [9.17, 15) is 8.42 Å². The molecule has 0 aliphatic carbocycles. The Balaban J connectivity index is 2.51. The van der Waals surface area contributed by atoms with Crippen molar-refractivity contribution in [2.75, 3.05) is 0 Å². The fourth-order valence-electron chi connectivity index (χ4n) is 1.61. The van der Waals surface area contributed by atoms with Gasteiger partial charge in [0.05, 0.1) is 0 Å². The summed E-state index contributed by atoms with van der Waals surface area (Å²) in [4.78, 5) is 3.85. The summed E-state index contributed by atoms with van der Waals surface area (Å²) in [6.07, 6.45) is 0. The highest BCUT2D eigenvalue weighted by atomic mass is 32.2. The number of aromatic amines is 1. The number of benzene rings is 1. The molecule has 90 valence electrons. The summed E-state index contributed by atoms with van der Waals surface area (Å²) in [5.41, 5.74) is 2.87. The van der Waals surface area contributed by atoms with Gasteiger partial charge in [0.15, 0.2) is 5.82 Å². The number of rotatable bonds is 2. The fourth-order valence-corrected chi connectivity index (χ4v) is 1.99. The Labute approximate surface area is 98.9 Å². The van der Waals surface area contributed by atoms with Crippen LogP contribution >= 0.6 is 0 Å². The smallest absolute Gasteiger partial charge is 0.248 e. The molecule has 0 atom stereocenters. The first-order chi connectivity index (χ1) is 7.86. The topological polar surface area (TPSA) is 102 Å². The summed E-state index contributed by atoms with van der Waals surface area (Å²) >= 11 is 0.